The van der Waals surface area contributed by atoms with E-state index in [0.29, 0.717) is 17.4 Å². The number of carbonyl (C=O) groups excluding carboxylic acids is 1. The number of aromatic nitrogens is 4. The molecule has 0 atom stereocenters. The molecule has 10 nitrogen and oxygen atoms in total. The van der Waals surface area contributed by atoms with Crippen molar-refractivity contribution in [2.75, 3.05) is 13.1 Å². The van der Waals surface area contributed by atoms with Crippen LogP contribution in [-0.2, 0) is 4.74 Å². The smallest absolute Gasteiger partial charge is 0.410 e. The molecule has 3 aromatic heterocycles. The Morgan fingerprint density at radius 2 is 1.82 bits per heavy atom. The van der Waals surface area contributed by atoms with Gasteiger partial charge in [-0.05, 0) is 102 Å². The van der Waals surface area contributed by atoms with Crippen molar-refractivity contribution in [1.82, 2.24) is 24.6 Å². The van der Waals surface area contributed by atoms with Gasteiger partial charge in [0.25, 0.3) is 0 Å². The summed E-state index contributed by atoms with van der Waals surface area (Å²) in [6, 6.07) is 8.24. The minimum Gasteiger partial charge on any atom is -0.490 e. The molecule has 1 saturated carbocycles. The van der Waals surface area contributed by atoms with Crippen molar-refractivity contribution in [3.63, 3.8) is 0 Å². The van der Waals surface area contributed by atoms with Crippen molar-refractivity contribution in [3.05, 3.63) is 75.8 Å². The third-order valence-electron chi connectivity index (χ3n) is 9.03. The summed E-state index contributed by atoms with van der Waals surface area (Å²) in [5, 5.41) is 9.93. The van der Waals surface area contributed by atoms with E-state index in [9.17, 15) is 4.79 Å². The van der Waals surface area contributed by atoms with Gasteiger partial charge >= 0.3 is 6.09 Å². The molecule has 7 rings (SSSR count). The number of likely N-dealkylation sites (tertiary alicyclic amines) is 1. The van der Waals surface area contributed by atoms with Crippen LogP contribution in [0, 0.1) is 26.2 Å². The van der Waals surface area contributed by atoms with Gasteiger partial charge in [-0.2, -0.15) is 0 Å². The topological polar surface area (TPSA) is 108 Å². The average Bonchev–Trinajstić information content (AvgIpc) is 3.68. The molecule has 0 unspecified atom stereocenters. The zero-order valence-corrected chi connectivity index (χ0v) is 27.4. The lowest BCUT2D eigenvalue weighted by Crippen LogP contribution is -2.52. The number of fused-ring (bicyclic) bond motifs is 3. The molecule has 1 amide bonds. The summed E-state index contributed by atoms with van der Waals surface area (Å²) in [6.45, 7) is 13.4. The molecule has 2 fully saturated rings. The minimum atomic E-state index is -0.472. The maximum absolute atomic E-state index is 12.5. The number of carbonyl (C=O) groups is 1. The van der Waals surface area contributed by atoms with E-state index in [1.54, 1.807) is 29.9 Å². The summed E-state index contributed by atoms with van der Waals surface area (Å²) >= 11 is 1.72. The highest BCUT2D eigenvalue weighted by Gasteiger charge is 2.48. The molecular weight excluding hydrogens is 588 g/mol. The van der Waals surface area contributed by atoms with E-state index in [2.05, 4.69) is 45.7 Å². The maximum Gasteiger partial charge on any atom is 0.410 e. The fourth-order valence-electron chi connectivity index (χ4n) is 6.54. The van der Waals surface area contributed by atoms with Crippen molar-refractivity contribution in [1.29, 1.82) is 0 Å². The molecule has 1 aliphatic carbocycles. The van der Waals surface area contributed by atoms with Gasteiger partial charge in [-0.1, -0.05) is 0 Å². The van der Waals surface area contributed by atoms with Gasteiger partial charge in [0.2, 0.25) is 5.89 Å². The van der Waals surface area contributed by atoms with Crippen molar-refractivity contribution in [2.45, 2.75) is 78.9 Å². The Labute approximate surface area is 266 Å². The minimum absolute atomic E-state index is 0.176. The predicted octanol–water partition coefficient (Wildman–Crippen LogP) is 7.15. The maximum atomic E-state index is 12.5. The van der Waals surface area contributed by atoms with Crippen LogP contribution in [0.5, 0.6) is 5.75 Å². The number of aryl methyl sites for hydroxylation is 2. The summed E-state index contributed by atoms with van der Waals surface area (Å²) in [4.78, 5) is 25.0. The van der Waals surface area contributed by atoms with Crippen molar-refractivity contribution in [3.8, 4) is 10.8 Å². The number of hydrogen-bond acceptors (Lipinski definition) is 9. The molecule has 4 aromatic rings. The number of hydrogen-bond donors (Lipinski definition) is 0. The number of thiophene rings is 1. The second-order valence-corrected chi connectivity index (χ2v) is 14.6. The van der Waals surface area contributed by atoms with Crippen LogP contribution in [0.25, 0.3) is 16.8 Å². The second-order valence-electron chi connectivity index (χ2n) is 13.4. The first-order valence-corrected chi connectivity index (χ1v) is 16.3. The molecule has 234 valence electrons. The van der Waals surface area contributed by atoms with Gasteiger partial charge in [0.05, 0.1) is 18.0 Å². The fourth-order valence-corrected chi connectivity index (χ4v) is 7.75. The lowest BCUT2D eigenvalue weighted by Gasteiger charge is -2.51. The Morgan fingerprint density at radius 1 is 1.09 bits per heavy atom. The van der Waals surface area contributed by atoms with Crippen LogP contribution in [0.2, 0.25) is 0 Å². The van der Waals surface area contributed by atoms with Gasteiger partial charge in [0.1, 0.15) is 34.1 Å². The van der Waals surface area contributed by atoms with Crippen LogP contribution in [0.4, 0.5) is 4.79 Å². The SMILES string of the molecule is Cc1sc2c(c1C)C(c1ccc(OC3CC4(CCN(C(=O)OC(C)(C)C)CC4)C3)cc1)=N/C(=C\c1ncco1)c1nnc(C)n1-2. The Morgan fingerprint density at radius 3 is 2.49 bits per heavy atom. The number of aliphatic imine (C=N–C) groups is 1. The lowest BCUT2D eigenvalue weighted by atomic mass is 9.61. The number of amides is 1. The van der Waals surface area contributed by atoms with E-state index in [4.69, 9.17) is 18.9 Å². The summed E-state index contributed by atoms with van der Waals surface area (Å²) in [5.74, 6) is 2.75. The molecule has 0 N–H and O–H groups in total. The molecule has 5 heterocycles. The van der Waals surface area contributed by atoms with E-state index in [-0.39, 0.29) is 17.6 Å². The summed E-state index contributed by atoms with van der Waals surface area (Å²) in [7, 11) is 0. The molecule has 1 saturated heterocycles. The van der Waals surface area contributed by atoms with Crippen LogP contribution in [0.15, 0.2) is 46.1 Å². The van der Waals surface area contributed by atoms with Crippen LogP contribution in [-0.4, -0.2) is 61.2 Å². The van der Waals surface area contributed by atoms with Gasteiger partial charge in [-0.15, -0.1) is 21.5 Å². The van der Waals surface area contributed by atoms with Crippen LogP contribution in [0.1, 0.15) is 85.6 Å². The number of benzene rings is 1. The van der Waals surface area contributed by atoms with E-state index in [1.807, 2.05) is 44.7 Å². The molecule has 45 heavy (non-hydrogen) atoms. The van der Waals surface area contributed by atoms with Gasteiger partial charge in [-0.3, -0.25) is 4.57 Å². The van der Waals surface area contributed by atoms with E-state index >= 15 is 0 Å². The molecule has 1 spiro atoms. The first-order valence-electron chi connectivity index (χ1n) is 15.5. The molecular formula is C34H38N6O4S. The third-order valence-corrected chi connectivity index (χ3v) is 10.2. The third kappa shape index (κ3) is 5.58. The fraction of sp³-hybridized carbons (Fsp3) is 0.441. The molecule has 2 aliphatic heterocycles. The largest absolute Gasteiger partial charge is 0.490 e. The summed E-state index contributed by atoms with van der Waals surface area (Å²) < 4.78 is 19.6. The van der Waals surface area contributed by atoms with E-state index in [1.165, 1.54) is 10.4 Å². The second kappa shape index (κ2) is 11.0. The van der Waals surface area contributed by atoms with E-state index in [0.717, 1.165) is 72.2 Å². The first-order chi connectivity index (χ1) is 21.5. The van der Waals surface area contributed by atoms with Crippen LogP contribution in [0.3, 0.4) is 0 Å². The standard InChI is InChI=1S/C34H38N6O4S/c1-20-21(2)45-31-28(20)29(36-26(17-27-35-13-16-42-27)30-38-37-22(3)40(30)31)23-7-9-24(10-8-23)43-25-18-34(19-25)11-14-39(15-12-34)32(41)44-33(4,5)6/h7-10,13,16-17,25H,11-12,14-15,18-19H2,1-6H3/b26-17-. The molecule has 0 bridgehead atoms. The number of oxazole rings is 1. The highest BCUT2D eigenvalue weighted by Crippen LogP contribution is 2.50. The monoisotopic (exact) mass is 626 g/mol. The Bertz CT molecular complexity index is 1790. The Balaban J connectivity index is 1.09. The Kier molecular flexibility index (Phi) is 7.18. The molecule has 11 heteroatoms. The van der Waals surface area contributed by atoms with Crippen molar-refractivity contribution >= 4 is 34.9 Å². The lowest BCUT2D eigenvalue weighted by molar-refractivity contribution is -0.0583. The van der Waals surface area contributed by atoms with E-state index < -0.39 is 5.60 Å². The van der Waals surface area contributed by atoms with Crippen molar-refractivity contribution in [2.24, 2.45) is 10.4 Å². The quantitative estimate of drug-likeness (QED) is 0.237. The normalized spacial score (nSPS) is 18.7. The van der Waals surface area contributed by atoms with Gasteiger partial charge in [0, 0.05) is 35.2 Å². The van der Waals surface area contributed by atoms with Gasteiger partial charge < -0.3 is 18.8 Å². The Hall–Kier alpha value is -4.25. The average molecular weight is 627 g/mol. The molecule has 1 aromatic carbocycles. The van der Waals surface area contributed by atoms with Gasteiger partial charge in [-0.25, -0.2) is 14.8 Å². The molecule has 0 radical (unpaired) electrons. The van der Waals surface area contributed by atoms with Gasteiger partial charge in [0.15, 0.2) is 5.82 Å². The number of nitrogens with zero attached hydrogens (tertiary/aromatic N) is 6. The van der Waals surface area contributed by atoms with Crippen LogP contribution >= 0.6 is 11.3 Å². The number of piperidine rings is 1. The highest BCUT2D eigenvalue weighted by molar-refractivity contribution is 7.15. The number of ether oxygens (including phenoxy) is 2. The number of rotatable bonds is 4. The highest BCUT2D eigenvalue weighted by atomic mass is 32.1. The van der Waals surface area contributed by atoms with Crippen molar-refractivity contribution < 1.29 is 18.7 Å². The first kappa shape index (κ1) is 29.5. The van der Waals surface area contributed by atoms with Crippen LogP contribution < -0.4 is 4.74 Å². The zero-order chi connectivity index (χ0) is 31.5. The zero-order valence-electron chi connectivity index (χ0n) is 26.6. The molecule has 3 aliphatic rings. The predicted molar refractivity (Wildman–Crippen MR) is 173 cm³/mol. The summed E-state index contributed by atoms with van der Waals surface area (Å²) in [6.07, 6.45) is 8.93. The summed E-state index contributed by atoms with van der Waals surface area (Å²) in [5.41, 5.74) is 4.52.